The Morgan fingerprint density at radius 1 is 0.400 bits per heavy atom. The Bertz CT molecular complexity index is 3540. The number of benzene rings is 7. The average Bonchev–Trinajstić information content (AvgIpc) is 3.43. The minimum atomic E-state index is -0.833. The third kappa shape index (κ3) is 8.06. The Morgan fingerprint density at radius 2 is 0.843 bits per heavy atom. The van der Waals surface area contributed by atoms with Gasteiger partial charge in [0.1, 0.15) is 5.82 Å². The first-order valence-electron chi connectivity index (χ1n) is 23.6. The molecule has 4 unspecified atom stereocenters. The van der Waals surface area contributed by atoms with Gasteiger partial charge in [0.25, 0.3) is 0 Å². The fourth-order valence-electron chi connectivity index (χ4n) is 10.0. The van der Waals surface area contributed by atoms with E-state index in [0.29, 0.717) is 34.9 Å². The van der Waals surface area contributed by atoms with Gasteiger partial charge in [-0.15, -0.1) is 0 Å². The molecule has 7 heteroatoms. The van der Waals surface area contributed by atoms with Gasteiger partial charge in [0, 0.05) is 39.2 Å². The molecule has 7 nitrogen and oxygen atoms in total. The van der Waals surface area contributed by atoms with Crippen LogP contribution in [0.25, 0.3) is 73.6 Å². The quantitative estimate of drug-likeness (QED) is 0.135. The molecule has 0 aliphatic heterocycles. The first-order valence-corrected chi connectivity index (χ1v) is 23.6. The summed E-state index contributed by atoms with van der Waals surface area (Å²) in [4.78, 5) is 31.5. The Balaban J connectivity index is 1.04. The SMILES string of the molecule is CC1(c2ccccc2-c2nc(-c3ccccc3)nc(C3(C)C=CC=CC3c3ccccc3)n2)C=CC=C(c2ccccc2-c2nc(-c3ccccc3)nc(-c3ccccc3-c3ccccc3)n2)C1C#N. The summed E-state index contributed by atoms with van der Waals surface area (Å²) in [5.74, 6) is 2.74. The van der Waals surface area contributed by atoms with Crippen molar-refractivity contribution in [1.29, 1.82) is 5.26 Å². The van der Waals surface area contributed by atoms with Crippen LogP contribution in [0.4, 0.5) is 0 Å². The summed E-state index contributed by atoms with van der Waals surface area (Å²) in [6.07, 6.45) is 14.9. The fraction of sp³-hybridized carbons (Fsp3) is 0.0952. The van der Waals surface area contributed by atoms with Gasteiger partial charge in [-0.1, -0.05) is 244 Å². The van der Waals surface area contributed by atoms with Crippen molar-refractivity contribution in [3.8, 4) is 74.1 Å². The Hall–Kier alpha value is -8.99. The van der Waals surface area contributed by atoms with E-state index in [2.05, 4.69) is 129 Å². The number of aromatic nitrogens is 6. The molecule has 0 amide bonds. The number of nitriles is 1. The molecular weight excluding hydrogens is 855 g/mol. The molecule has 11 rings (SSSR count). The lowest BCUT2D eigenvalue weighted by Crippen LogP contribution is -2.33. The highest BCUT2D eigenvalue weighted by Gasteiger charge is 2.42. The second-order valence-electron chi connectivity index (χ2n) is 18.1. The molecular formula is C63H47N7. The van der Waals surface area contributed by atoms with E-state index < -0.39 is 16.7 Å². The van der Waals surface area contributed by atoms with Crippen molar-refractivity contribution in [3.05, 3.63) is 259 Å². The summed E-state index contributed by atoms with van der Waals surface area (Å²) in [5.41, 5.74) is 8.73. The molecule has 0 saturated heterocycles. The van der Waals surface area contributed by atoms with Crippen LogP contribution >= 0.6 is 0 Å². The molecule has 2 heterocycles. The van der Waals surface area contributed by atoms with Crippen molar-refractivity contribution in [1.82, 2.24) is 29.9 Å². The molecule has 9 aromatic rings. The molecule has 0 bridgehead atoms. The maximum absolute atomic E-state index is 11.5. The largest absolute Gasteiger partial charge is 0.212 e. The Labute approximate surface area is 408 Å². The van der Waals surface area contributed by atoms with Gasteiger partial charge >= 0.3 is 0 Å². The van der Waals surface area contributed by atoms with E-state index in [1.54, 1.807) is 0 Å². The molecule has 0 radical (unpaired) electrons. The summed E-state index contributed by atoms with van der Waals surface area (Å²) in [5, 5.41) is 11.5. The highest BCUT2D eigenvalue weighted by atomic mass is 15.1. The van der Waals surface area contributed by atoms with E-state index in [1.807, 2.05) is 127 Å². The first-order chi connectivity index (χ1) is 34.4. The molecule has 0 spiro atoms. The summed E-state index contributed by atoms with van der Waals surface area (Å²) >= 11 is 0. The molecule has 2 aliphatic carbocycles. The van der Waals surface area contributed by atoms with Crippen LogP contribution < -0.4 is 0 Å². The van der Waals surface area contributed by atoms with Crippen LogP contribution in [0.5, 0.6) is 0 Å². The van der Waals surface area contributed by atoms with Gasteiger partial charge in [0.2, 0.25) is 0 Å². The summed E-state index contributed by atoms with van der Waals surface area (Å²) in [7, 11) is 0. The van der Waals surface area contributed by atoms with E-state index in [9.17, 15) is 5.26 Å². The average molecular weight is 902 g/mol. The lowest BCUT2D eigenvalue weighted by molar-refractivity contribution is 0.490. The maximum atomic E-state index is 11.5. The molecule has 7 aromatic carbocycles. The van der Waals surface area contributed by atoms with Gasteiger partial charge in [-0.05, 0) is 40.3 Å². The van der Waals surface area contributed by atoms with E-state index in [1.165, 1.54) is 5.56 Å². The number of hydrogen-bond acceptors (Lipinski definition) is 7. The van der Waals surface area contributed by atoms with Gasteiger partial charge < -0.3 is 0 Å². The maximum Gasteiger partial charge on any atom is 0.164 e. The predicted molar refractivity (Wildman–Crippen MR) is 281 cm³/mol. The number of nitrogens with zero attached hydrogens (tertiary/aromatic N) is 7. The van der Waals surface area contributed by atoms with Crippen LogP contribution in [0.15, 0.2) is 237 Å². The number of hydrogen-bond donors (Lipinski definition) is 0. The highest BCUT2D eigenvalue weighted by molar-refractivity contribution is 5.86. The first kappa shape index (κ1) is 43.6. The van der Waals surface area contributed by atoms with Crippen LogP contribution in [-0.2, 0) is 10.8 Å². The van der Waals surface area contributed by atoms with E-state index >= 15 is 0 Å². The highest BCUT2D eigenvalue weighted by Crippen LogP contribution is 2.49. The zero-order chi connectivity index (χ0) is 47.5. The van der Waals surface area contributed by atoms with Crippen LogP contribution in [-0.4, -0.2) is 29.9 Å². The second kappa shape index (κ2) is 18.6. The van der Waals surface area contributed by atoms with Crippen molar-refractivity contribution >= 4 is 5.57 Å². The zero-order valence-corrected chi connectivity index (χ0v) is 38.8. The van der Waals surface area contributed by atoms with E-state index in [0.717, 1.165) is 55.6 Å². The summed E-state index contributed by atoms with van der Waals surface area (Å²) in [6.45, 7) is 4.35. The van der Waals surface area contributed by atoms with Crippen molar-refractivity contribution in [3.63, 3.8) is 0 Å². The second-order valence-corrected chi connectivity index (χ2v) is 18.1. The smallest absolute Gasteiger partial charge is 0.164 e. The molecule has 70 heavy (non-hydrogen) atoms. The zero-order valence-electron chi connectivity index (χ0n) is 38.8. The van der Waals surface area contributed by atoms with E-state index in [-0.39, 0.29) is 5.92 Å². The van der Waals surface area contributed by atoms with Crippen molar-refractivity contribution in [2.45, 2.75) is 30.6 Å². The lowest BCUT2D eigenvalue weighted by atomic mass is 9.64. The minimum absolute atomic E-state index is 0.0230. The van der Waals surface area contributed by atoms with Crippen molar-refractivity contribution in [2.75, 3.05) is 0 Å². The predicted octanol–water partition coefficient (Wildman–Crippen LogP) is 14.3. The van der Waals surface area contributed by atoms with Crippen LogP contribution in [0.2, 0.25) is 0 Å². The Kier molecular flexibility index (Phi) is 11.6. The molecule has 0 saturated carbocycles. The summed E-state index contributed by atoms with van der Waals surface area (Å²) < 4.78 is 0. The normalized spacial score (nSPS) is 19.3. The van der Waals surface area contributed by atoms with Gasteiger partial charge in [0.15, 0.2) is 29.1 Å². The Morgan fingerprint density at radius 3 is 1.46 bits per heavy atom. The fourth-order valence-corrected chi connectivity index (χ4v) is 10.0. The topological polar surface area (TPSA) is 101 Å². The summed E-state index contributed by atoms with van der Waals surface area (Å²) in [6, 6.07) is 68.3. The third-order valence-corrected chi connectivity index (χ3v) is 13.7. The van der Waals surface area contributed by atoms with Crippen LogP contribution in [0.1, 0.15) is 42.3 Å². The van der Waals surface area contributed by atoms with Gasteiger partial charge in [-0.3, -0.25) is 0 Å². The molecule has 0 N–H and O–H groups in total. The standard InChI is InChI=1S/C63H47N7/c1-62(54-39-20-19-36-52(54)60-67-57(46-30-13-6-14-31-46)69-61(70-60)63(2)40-22-21-38-53(63)44-26-9-4-10-27-44)41-23-37-49(55(62)42-64)48-33-16-18-35-51(48)59-66-56(45-28-11-5-12-29-45)65-58(68-59)50-34-17-15-32-47(50)43-24-7-3-8-25-43/h3-41,53,55H,1-2H3. The van der Waals surface area contributed by atoms with Crippen molar-refractivity contribution in [2.24, 2.45) is 5.92 Å². The van der Waals surface area contributed by atoms with Crippen molar-refractivity contribution < 1.29 is 0 Å². The molecule has 0 fully saturated rings. The van der Waals surface area contributed by atoms with Gasteiger partial charge in [-0.2, -0.15) is 5.26 Å². The van der Waals surface area contributed by atoms with Gasteiger partial charge in [0.05, 0.1) is 17.4 Å². The van der Waals surface area contributed by atoms with Crippen LogP contribution in [0, 0.1) is 17.2 Å². The molecule has 2 aliphatic rings. The van der Waals surface area contributed by atoms with Crippen LogP contribution in [0.3, 0.4) is 0 Å². The molecule has 2 aromatic heterocycles. The number of allylic oxidation sites excluding steroid dienone is 8. The van der Waals surface area contributed by atoms with E-state index in [4.69, 9.17) is 29.9 Å². The lowest BCUT2D eigenvalue weighted by Gasteiger charge is -2.37. The van der Waals surface area contributed by atoms with Gasteiger partial charge in [-0.25, -0.2) is 29.9 Å². The third-order valence-electron chi connectivity index (χ3n) is 13.7. The molecule has 334 valence electrons. The molecule has 4 atom stereocenters. The minimum Gasteiger partial charge on any atom is -0.212 e. The monoisotopic (exact) mass is 901 g/mol. The number of rotatable bonds is 10.